The van der Waals surface area contributed by atoms with Crippen molar-refractivity contribution >= 4 is 11.7 Å². The summed E-state index contributed by atoms with van der Waals surface area (Å²) in [6.45, 7) is 4.37. The zero-order chi connectivity index (χ0) is 14.5. The van der Waals surface area contributed by atoms with E-state index in [0.29, 0.717) is 11.6 Å². The van der Waals surface area contributed by atoms with E-state index in [1.165, 1.54) is 6.42 Å². The molecule has 110 valence electrons. The third-order valence-electron chi connectivity index (χ3n) is 3.93. The van der Waals surface area contributed by atoms with Crippen molar-refractivity contribution < 1.29 is 4.79 Å². The third kappa shape index (κ3) is 3.71. The van der Waals surface area contributed by atoms with Crippen LogP contribution in [-0.2, 0) is 6.42 Å². The second-order valence-corrected chi connectivity index (χ2v) is 5.82. The molecule has 1 aromatic heterocycles. The van der Waals surface area contributed by atoms with Gasteiger partial charge in [-0.1, -0.05) is 20.3 Å². The predicted octanol–water partition coefficient (Wildman–Crippen LogP) is 2.99. The molecule has 1 amide bonds. The van der Waals surface area contributed by atoms with Gasteiger partial charge in [0.2, 0.25) is 0 Å². The standard InChI is InChI=1S/C16H25N3O/c1-4-5-13-9-12(10-15(17-3)18-13)16(20)19-14-7-6-11(2)8-14/h9-11,14H,4-8H2,1-3H3,(H,17,18)(H,19,20). The molecule has 1 aliphatic carbocycles. The molecule has 2 atom stereocenters. The fourth-order valence-corrected chi connectivity index (χ4v) is 2.84. The van der Waals surface area contributed by atoms with Crippen molar-refractivity contribution in [2.24, 2.45) is 5.92 Å². The van der Waals surface area contributed by atoms with Crippen molar-refractivity contribution in [2.75, 3.05) is 12.4 Å². The van der Waals surface area contributed by atoms with E-state index in [1.54, 1.807) is 0 Å². The number of hydrogen-bond acceptors (Lipinski definition) is 3. The molecule has 4 heteroatoms. The molecule has 0 saturated heterocycles. The molecule has 0 aromatic carbocycles. The highest BCUT2D eigenvalue weighted by Crippen LogP contribution is 2.25. The topological polar surface area (TPSA) is 54.0 Å². The van der Waals surface area contributed by atoms with Gasteiger partial charge in [-0.05, 0) is 43.7 Å². The van der Waals surface area contributed by atoms with Crippen LogP contribution in [-0.4, -0.2) is 24.0 Å². The Morgan fingerprint density at radius 3 is 2.80 bits per heavy atom. The lowest BCUT2D eigenvalue weighted by Crippen LogP contribution is -2.33. The number of amides is 1. The number of nitrogens with one attached hydrogen (secondary N) is 2. The first-order valence-electron chi connectivity index (χ1n) is 7.62. The number of hydrogen-bond donors (Lipinski definition) is 2. The second-order valence-electron chi connectivity index (χ2n) is 5.82. The number of anilines is 1. The van der Waals surface area contributed by atoms with Crippen molar-refractivity contribution in [1.82, 2.24) is 10.3 Å². The summed E-state index contributed by atoms with van der Waals surface area (Å²) in [6, 6.07) is 4.07. The fraction of sp³-hybridized carbons (Fsp3) is 0.625. The number of aryl methyl sites for hydroxylation is 1. The maximum Gasteiger partial charge on any atom is 0.251 e. The Morgan fingerprint density at radius 2 is 2.20 bits per heavy atom. The van der Waals surface area contributed by atoms with E-state index < -0.39 is 0 Å². The lowest BCUT2D eigenvalue weighted by atomic mass is 10.1. The summed E-state index contributed by atoms with van der Waals surface area (Å²) < 4.78 is 0. The average Bonchev–Trinajstić information content (AvgIpc) is 2.84. The van der Waals surface area contributed by atoms with Crippen LogP contribution in [0.1, 0.15) is 55.6 Å². The van der Waals surface area contributed by atoms with Gasteiger partial charge in [0.15, 0.2) is 0 Å². The molecule has 1 saturated carbocycles. The molecule has 2 N–H and O–H groups in total. The first kappa shape index (κ1) is 14.8. The zero-order valence-electron chi connectivity index (χ0n) is 12.7. The van der Waals surface area contributed by atoms with Gasteiger partial charge in [-0.25, -0.2) is 4.98 Å². The highest BCUT2D eigenvalue weighted by Gasteiger charge is 2.23. The molecule has 1 heterocycles. The zero-order valence-corrected chi connectivity index (χ0v) is 12.7. The first-order valence-corrected chi connectivity index (χ1v) is 7.62. The summed E-state index contributed by atoms with van der Waals surface area (Å²) in [7, 11) is 1.83. The van der Waals surface area contributed by atoms with Crippen LogP contribution in [0, 0.1) is 5.92 Å². The van der Waals surface area contributed by atoms with Gasteiger partial charge in [0, 0.05) is 24.3 Å². The molecule has 2 rings (SSSR count). The summed E-state index contributed by atoms with van der Waals surface area (Å²) in [5.74, 6) is 1.52. The number of aromatic nitrogens is 1. The molecule has 0 bridgehead atoms. The van der Waals surface area contributed by atoms with Gasteiger partial charge in [-0.15, -0.1) is 0 Å². The lowest BCUT2D eigenvalue weighted by Gasteiger charge is -2.14. The van der Waals surface area contributed by atoms with Crippen molar-refractivity contribution in [1.29, 1.82) is 0 Å². The highest BCUT2D eigenvalue weighted by atomic mass is 16.1. The Bertz CT molecular complexity index is 473. The fourth-order valence-electron chi connectivity index (χ4n) is 2.84. The molecule has 0 spiro atoms. The van der Waals surface area contributed by atoms with Crippen molar-refractivity contribution in [3.8, 4) is 0 Å². The van der Waals surface area contributed by atoms with Crippen LogP contribution in [0.5, 0.6) is 0 Å². The largest absolute Gasteiger partial charge is 0.373 e. The Kier molecular flexibility index (Phi) is 4.99. The molecule has 20 heavy (non-hydrogen) atoms. The minimum absolute atomic E-state index is 0.0281. The number of pyridine rings is 1. The van der Waals surface area contributed by atoms with E-state index in [2.05, 4.69) is 29.5 Å². The Hall–Kier alpha value is -1.58. The maximum atomic E-state index is 12.4. The molecular weight excluding hydrogens is 250 g/mol. The molecule has 4 nitrogen and oxygen atoms in total. The van der Waals surface area contributed by atoms with Crippen molar-refractivity contribution in [3.63, 3.8) is 0 Å². The van der Waals surface area contributed by atoms with Crippen LogP contribution in [0.25, 0.3) is 0 Å². The van der Waals surface area contributed by atoms with E-state index in [9.17, 15) is 4.79 Å². The predicted molar refractivity (Wildman–Crippen MR) is 82.0 cm³/mol. The van der Waals surface area contributed by atoms with E-state index >= 15 is 0 Å². The van der Waals surface area contributed by atoms with Gasteiger partial charge in [0.1, 0.15) is 5.82 Å². The lowest BCUT2D eigenvalue weighted by molar-refractivity contribution is 0.0937. The van der Waals surface area contributed by atoms with Gasteiger partial charge >= 0.3 is 0 Å². The molecule has 1 aliphatic rings. The quantitative estimate of drug-likeness (QED) is 0.868. The van der Waals surface area contributed by atoms with Gasteiger partial charge in [-0.3, -0.25) is 4.79 Å². The highest BCUT2D eigenvalue weighted by molar-refractivity contribution is 5.95. The van der Waals surface area contributed by atoms with Crippen LogP contribution >= 0.6 is 0 Å². The monoisotopic (exact) mass is 275 g/mol. The molecular formula is C16H25N3O. The summed E-state index contributed by atoms with van der Waals surface area (Å²) in [5.41, 5.74) is 1.69. The summed E-state index contributed by atoms with van der Waals surface area (Å²) in [5, 5.41) is 6.18. The second kappa shape index (κ2) is 6.73. The van der Waals surface area contributed by atoms with Crippen LogP contribution in [0.2, 0.25) is 0 Å². The molecule has 1 fully saturated rings. The summed E-state index contributed by atoms with van der Waals surface area (Å²) in [4.78, 5) is 16.8. The van der Waals surface area contributed by atoms with Crippen LogP contribution in [0.15, 0.2) is 12.1 Å². The van der Waals surface area contributed by atoms with Crippen LogP contribution in [0.4, 0.5) is 5.82 Å². The van der Waals surface area contributed by atoms with Gasteiger partial charge < -0.3 is 10.6 Å². The van der Waals surface area contributed by atoms with Crippen molar-refractivity contribution in [3.05, 3.63) is 23.4 Å². The third-order valence-corrected chi connectivity index (χ3v) is 3.93. The number of nitrogens with zero attached hydrogens (tertiary/aromatic N) is 1. The van der Waals surface area contributed by atoms with Gasteiger partial charge in [0.05, 0.1) is 0 Å². The van der Waals surface area contributed by atoms with E-state index in [4.69, 9.17) is 0 Å². The number of rotatable bonds is 5. The average molecular weight is 275 g/mol. The minimum atomic E-state index is 0.0281. The van der Waals surface area contributed by atoms with Crippen molar-refractivity contribution in [2.45, 2.75) is 52.0 Å². The van der Waals surface area contributed by atoms with Crippen LogP contribution < -0.4 is 10.6 Å². The van der Waals surface area contributed by atoms with E-state index in [1.807, 2.05) is 19.2 Å². The van der Waals surface area contributed by atoms with E-state index in [-0.39, 0.29) is 5.91 Å². The molecule has 0 aliphatic heterocycles. The normalized spacial score (nSPS) is 21.8. The molecule has 1 aromatic rings. The first-order chi connectivity index (χ1) is 9.62. The Labute approximate surface area is 121 Å². The van der Waals surface area contributed by atoms with Crippen LogP contribution in [0.3, 0.4) is 0 Å². The summed E-state index contributed by atoms with van der Waals surface area (Å²) >= 11 is 0. The minimum Gasteiger partial charge on any atom is -0.373 e. The smallest absolute Gasteiger partial charge is 0.251 e. The van der Waals surface area contributed by atoms with E-state index in [0.717, 1.165) is 43.1 Å². The Balaban J connectivity index is 2.09. The molecule has 0 radical (unpaired) electrons. The molecule has 2 unspecified atom stereocenters. The van der Waals surface area contributed by atoms with Gasteiger partial charge in [0.25, 0.3) is 5.91 Å². The Morgan fingerprint density at radius 1 is 1.40 bits per heavy atom. The number of carbonyl (C=O) groups is 1. The number of carbonyl (C=O) groups excluding carboxylic acids is 1. The SMILES string of the molecule is CCCc1cc(C(=O)NC2CCC(C)C2)cc(NC)n1. The van der Waals surface area contributed by atoms with Gasteiger partial charge in [-0.2, -0.15) is 0 Å². The summed E-state index contributed by atoms with van der Waals surface area (Å²) in [6.07, 6.45) is 5.33. The maximum absolute atomic E-state index is 12.4.